The van der Waals surface area contributed by atoms with Crippen molar-refractivity contribution in [1.82, 2.24) is 0 Å². The number of aliphatic hydroxyl groups excluding tert-OH is 7. The molecule has 2 heterocycles. The van der Waals surface area contributed by atoms with Gasteiger partial charge in [0.1, 0.15) is 48.8 Å². The molecule has 31 heavy (non-hydrogen) atoms. The summed E-state index contributed by atoms with van der Waals surface area (Å²) in [5.74, 6) is -0.332. The highest BCUT2D eigenvalue weighted by Gasteiger charge is 2.50. The predicted molar refractivity (Wildman–Crippen MR) is 102 cm³/mol. The highest BCUT2D eigenvalue weighted by Crippen LogP contribution is 2.30. The van der Waals surface area contributed by atoms with Crippen LogP contribution in [0.15, 0.2) is 30.3 Å². The highest BCUT2D eigenvalue weighted by atomic mass is 16.7. The molecule has 0 radical (unpaired) electrons. The van der Waals surface area contributed by atoms with Crippen LogP contribution in [0.4, 0.5) is 0 Å². The summed E-state index contributed by atoms with van der Waals surface area (Å²) in [7, 11) is 0. The maximum absolute atomic E-state index is 12.4. The Labute approximate surface area is 178 Å². The zero-order valence-electron chi connectivity index (χ0n) is 16.5. The molecule has 11 nitrogen and oxygen atoms in total. The number of rotatable bonds is 7. The Balaban J connectivity index is 1.70. The number of benzene rings is 1. The van der Waals surface area contributed by atoms with Crippen LogP contribution in [0, 0.1) is 0 Å². The number of aliphatic hydroxyl groups is 7. The maximum atomic E-state index is 12.4. The minimum atomic E-state index is -1.74. The van der Waals surface area contributed by atoms with Gasteiger partial charge in [-0.05, 0) is 0 Å². The minimum absolute atomic E-state index is 0.258. The van der Waals surface area contributed by atoms with Crippen molar-refractivity contribution in [3.05, 3.63) is 35.9 Å². The molecule has 0 saturated carbocycles. The van der Waals surface area contributed by atoms with E-state index in [-0.39, 0.29) is 12.2 Å². The number of ether oxygens (including phenoxy) is 3. The number of carbonyl (C=O) groups is 1. The van der Waals surface area contributed by atoms with Gasteiger partial charge in [-0.2, -0.15) is 0 Å². The largest absolute Gasteiger partial charge is 0.394 e. The Bertz CT molecular complexity index is 712. The minimum Gasteiger partial charge on any atom is -0.394 e. The number of hydrogen-bond acceptors (Lipinski definition) is 11. The third-order valence-corrected chi connectivity index (χ3v) is 5.59. The molecular formula is C20H28O11. The Morgan fingerprint density at radius 2 is 1.39 bits per heavy atom. The van der Waals surface area contributed by atoms with Gasteiger partial charge in [-0.1, -0.05) is 30.3 Å². The molecule has 0 aromatic heterocycles. The summed E-state index contributed by atoms with van der Waals surface area (Å²) in [4.78, 5) is 12.4. The van der Waals surface area contributed by atoms with Crippen molar-refractivity contribution < 1.29 is 54.8 Å². The van der Waals surface area contributed by atoms with Crippen LogP contribution in [-0.4, -0.2) is 116 Å². The lowest BCUT2D eigenvalue weighted by molar-refractivity contribution is -0.341. The molecule has 2 fully saturated rings. The molecule has 11 heteroatoms. The molecule has 2 saturated heterocycles. The normalized spacial score (nSPS) is 41.1. The molecule has 3 rings (SSSR count). The van der Waals surface area contributed by atoms with Gasteiger partial charge in [0.25, 0.3) is 0 Å². The van der Waals surface area contributed by atoms with Crippen molar-refractivity contribution in [2.45, 2.75) is 67.6 Å². The summed E-state index contributed by atoms with van der Waals surface area (Å²) < 4.78 is 16.3. The zero-order valence-corrected chi connectivity index (χ0v) is 16.5. The summed E-state index contributed by atoms with van der Waals surface area (Å²) in [6, 6.07) is 8.31. The first kappa shape index (κ1) is 24.1. The fourth-order valence-electron chi connectivity index (χ4n) is 3.76. The molecule has 7 N–H and O–H groups in total. The molecule has 0 amide bonds. The van der Waals surface area contributed by atoms with E-state index in [1.807, 2.05) is 0 Å². The summed E-state index contributed by atoms with van der Waals surface area (Å²) in [5, 5.41) is 69.9. The quantitative estimate of drug-likeness (QED) is 0.212. The first-order chi connectivity index (χ1) is 14.8. The number of Topliss-reactive ketones (excluding diaryl/α,β-unsaturated/α-hetero) is 1. The third-order valence-electron chi connectivity index (χ3n) is 5.59. The molecule has 1 aromatic rings. The van der Waals surface area contributed by atoms with E-state index in [2.05, 4.69) is 0 Å². The maximum Gasteiger partial charge on any atom is 0.187 e. The van der Waals surface area contributed by atoms with Crippen molar-refractivity contribution >= 4 is 5.78 Å². The lowest BCUT2D eigenvalue weighted by atomic mass is 9.91. The van der Waals surface area contributed by atoms with E-state index in [1.54, 1.807) is 30.3 Å². The predicted octanol–water partition coefficient (Wildman–Crippen LogP) is -3.07. The Kier molecular flexibility index (Phi) is 8.10. The summed E-state index contributed by atoms with van der Waals surface area (Å²) in [5.41, 5.74) is 0.396. The Hall–Kier alpha value is -1.51. The van der Waals surface area contributed by atoms with E-state index < -0.39 is 74.4 Å². The van der Waals surface area contributed by atoms with E-state index in [9.17, 15) is 40.5 Å². The van der Waals surface area contributed by atoms with Gasteiger partial charge < -0.3 is 50.0 Å². The SMILES string of the molecule is O=C(C[C@@H]1O[C@H](CO)[C@@H](O[C@@H]2O[C@H](CO)[C@@H](O)[C@H](O)[C@H]2O)[C@H](O)[C@H]1O)c1ccccc1. The highest BCUT2D eigenvalue weighted by molar-refractivity contribution is 5.96. The van der Waals surface area contributed by atoms with E-state index in [0.717, 1.165) is 0 Å². The summed E-state index contributed by atoms with van der Waals surface area (Å²) in [6.45, 7) is -1.33. The molecule has 0 unspecified atom stereocenters. The van der Waals surface area contributed by atoms with E-state index >= 15 is 0 Å². The standard InChI is InChI=1S/C20H28O11/c21-7-12-15(25)16(26)18(28)20(30-12)31-19-13(8-22)29-11(14(24)17(19)27)6-10(23)9-4-2-1-3-5-9/h1-5,11-22,24-28H,6-8H2/t11-,12+,13+,14-,15+,16-,17+,18+,19+,20-/m0/s1. The number of hydrogen-bond donors (Lipinski definition) is 7. The average molecular weight is 444 g/mol. The molecule has 1 aromatic carbocycles. The van der Waals surface area contributed by atoms with Crippen LogP contribution < -0.4 is 0 Å². The van der Waals surface area contributed by atoms with Gasteiger partial charge in [-0.25, -0.2) is 0 Å². The van der Waals surface area contributed by atoms with Gasteiger partial charge in [0.05, 0.1) is 19.3 Å². The van der Waals surface area contributed by atoms with Crippen LogP contribution >= 0.6 is 0 Å². The molecule has 0 aliphatic carbocycles. The van der Waals surface area contributed by atoms with Gasteiger partial charge in [-0.3, -0.25) is 4.79 Å². The van der Waals surface area contributed by atoms with Gasteiger partial charge in [0.15, 0.2) is 12.1 Å². The van der Waals surface area contributed by atoms with Crippen molar-refractivity contribution in [3.8, 4) is 0 Å². The van der Waals surface area contributed by atoms with Gasteiger partial charge in [0.2, 0.25) is 0 Å². The number of carbonyl (C=O) groups excluding carboxylic acids is 1. The lowest BCUT2D eigenvalue weighted by Gasteiger charge is -2.46. The van der Waals surface area contributed by atoms with Gasteiger partial charge in [-0.15, -0.1) is 0 Å². The van der Waals surface area contributed by atoms with Crippen molar-refractivity contribution in [2.24, 2.45) is 0 Å². The molecule has 174 valence electrons. The second-order valence-corrected chi connectivity index (χ2v) is 7.67. The molecule has 0 spiro atoms. The van der Waals surface area contributed by atoms with Crippen LogP contribution in [0.25, 0.3) is 0 Å². The second-order valence-electron chi connectivity index (χ2n) is 7.67. The molecular weight excluding hydrogens is 416 g/mol. The van der Waals surface area contributed by atoms with Gasteiger partial charge in [0, 0.05) is 12.0 Å². The lowest BCUT2D eigenvalue weighted by Crippen LogP contribution is -2.64. The fourth-order valence-corrected chi connectivity index (χ4v) is 3.76. The van der Waals surface area contributed by atoms with E-state index in [1.165, 1.54) is 0 Å². The third kappa shape index (κ3) is 5.12. The van der Waals surface area contributed by atoms with Crippen molar-refractivity contribution in [2.75, 3.05) is 13.2 Å². The van der Waals surface area contributed by atoms with Crippen molar-refractivity contribution in [3.63, 3.8) is 0 Å². The molecule has 10 atom stereocenters. The fraction of sp³-hybridized carbons (Fsp3) is 0.650. The van der Waals surface area contributed by atoms with Crippen LogP contribution in [0.3, 0.4) is 0 Å². The second kappa shape index (κ2) is 10.4. The smallest absolute Gasteiger partial charge is 0.187 e. The van der Waals surface area contributed by atoms with Crippen LogP contribution in [0.2, 0.25) is 0 Å². The Morgan fingerprint density at radius 1 is 0.774 bits per heavy atom. The molecule has 2 aliphatic heterocycles. The van der Waals surface area contributed by atoms with Gasteiger partial charge >= 0.3 is 0 Å². The van der Waals surface area contributed by atoms with Crippen LogP contribution in [0.5, 0.6) is 0 Å². The first-order valence-electron chi connectivity index (χ1n) is 9.95. The van der Waals surface area contributed by atoms with E-state index in [4.69, 9.17) is 14.2 Å². The monoisotopic (exact) mass is 444 g/mol. The van der Waals surface area contributed by atoms with Crippen molar-refractivity contribution in [1.29, 1.82) is 0 Å². The van der Waals surface area contributed by atoms with Crippen LogP contribution in [-0.2, 0) is 14.2 Å². The average Bonchev–Trinajstić information content (AvgIpc) is 2.79. The molecule has 2 aliphatic rings. The number of ketones is 1. The first-order valence-corrected chi connectivity index (χ1v) is 9.95. The summed E-state index contributed by atoms with van der Waals surface area (Å²) >= 11 is 0. The topological polar surface area (TPSA) is 186 Å². The Morgan fingerprint density at radius 3 is 2.00 bits per heavy atom. The zero-order chi connectivity index (χ0) is 22.7. The van der Waals surface area contributed by atoms with Crippen LogP contribution in [0.1, 0.15) is 16.8 Å². The summed E-state index contributed by atoms with van der Waals surface area (Å²) in [6.07, 6.45) is -15.0. The van der Waals surface area contributed by atoms with E-state index in [0.29, 0.717) is 5.56 Å². The molecule has 0 bridgehead atoms.